The fourth-order valence-electron chi connectivity index (χ4n) is 2.03. The normalized spacial score (nSPS) is 10.7. The van der Waals surface area contributed by atoms with Crippen LogP contribution in [0.4, 0.5) is 11.6 Å². The van der Waals surface area contributed by atoms with Crippen molar-refractivity contribution in [1.82, 2.24) is 14.9 Å². The number of nitrogens with one attached hydrogen (secondary N) is 2. The van der Waals surface area contributed by atoms with E-state index >= 15 is 0 Å². The summed E-state index contributed by atoms with van der Waals surface area (Å²) in [6, 6.07) is 6.96. The van der Waals surface area contributed by atoms with Crippen molar-refractivity contribution in [2.24, 2.45) is 0 Å². The first kappa shape index (κ1) is 18.2. The summed E-state index contributed by atoms with van der Waals surface area (Å²) >= 11 is 6.07. The van der Waals surface area contributed by atoms with Crippen molar-refractivity contribution >= 4 is 29.1 Å². The molecule has 0 spiro atoms. The summed E-state index contributed by atoms with van der Waals surface area (Å²) in [5, 5.41) is 6.52. The number of rotatable bonds is 7. The van der Waals surface area contributed by atoms with Crippen molar-refractivity contribution in [2.45, 2.75) is 13.3 Å². The summed E-state index contributed by atoms with van der Waals surface area (Å²) in [6.45, 7) is 3.63. The maximum atomic E-state index is 12.3. The second kappa shape index (κ2) is 8.61. The van der Waals surface area contributed by atoms with Crippen LogP contribution in [-0.4, -0.2) is 48.0 Å². The van der Waals surface area contributed by atoms with E-state index in [4.69, 9.17) is 11.6 Å². The number of hydrogen-bond acceptors (Lipinski definition) is 5. The summed E-state index contributed by atoms with van der Waals surface area (Å²) in [5.41, 5.74) is 1.90. The Balaban J connectivity index is 1.96. The van der Waals surface area contributed by atoms with Gasteiger partial charge in [0.1, 0.15) is 5.69 Å². The molecule has 0 aliphatic heterocycles. The average molecular weight is 348 g/mol. The highest BCUT2D eigenvalue weighted by Crippen LogP contribution is 2.20. The Bertz CT molecular complexity index is 705. The minimum Gasteiger partial charge on any atom is -0.354 e. The van der Waals surface area contributed by atoms with Crippen LogP contribution in [-0.2, 0) is 0 Å². The average Bonchev–Trinajstić information content (AvgIpc) is 2.55. The van der Waals surface area contributed by atoms with Gasteiger partial charge < -0.3 is 15.5 Å². The number of carbonyl (C=O) groups is 1. The monoisotopic (exact) mass is 347 g/mol. The molecule has 2 aromatic rings. The van der Waals surface area contributed by atoms with Crippen molar-refractivity contribution in [1.29, 1.82) is 0 Å². The van der Waals surface area contributed by atoms with E-state index in [9.17, 15) is 4.79 Å². The molecule has 128 valence electrons. The van der Waals surface area contributed by atoms with Crippen LogP contribution in [0.3, 0.4) is 0 Å². The Kier molecular flexibility index (Phi) is 6.52. The molecule has 6 nitrogen and oxygen atoms in total. The van der Waals surface area contributed by atoms with Crippen molar-refractivity contribution in [3.63, 3.8) is 0 Å². The number of hydrogen-bond donors (Lipinski definition) is 2. The fourth-order valence-corrected chi connectivity index (χ4v) is 2.21. The smallest absolute Gasteiger partial charge is 0.274 e. The third-order valence-electron chi connectivity index (χ3n) is 3.38. The molecule has 24 heavy (non-hydrogen) atoms. The van der Waals surface area contributed by atoms with Gasteiger partial charge in [0, 0.05) is 23.5 Å². The van der Waals surface area contributed by atoms with Crippen molar-refractivity contribution in [3.05, 3.63) is 46.7 Å². The fraction of sp³-hybridized carbons (Fsp3) is 0.353. The molecule has 0 fully saturated rings. The maximum Gasteiger partial charge on any atom is 0.274 e. The molecular formula is C17H22ClN5O. The largest absolute Gasteiger partial charge is 0.354 e. The van der Waals surface area contributed by atoms with Gasteiger partial charge in [0.05, 0.1) is 0 Å². The van der Waals surface area contributed by atoms with Crippen LogP contribution in [0.15, 0.2) is 30.5 Å². The van der Waals surface area contributed by atoms with Gasteiger partial charge in [-0.2, -0.15) is 0 Å². The number of benzene rings is 1. The molecule has 1 heterocycles. The number of amides is 1. The first-order valence-corrected chi connectivity index (χ1v) is 8.12. The molecule has 0 radical (unpaired) electrons. The predicted octanol–water partition coefficient (Wildman–Crippen LogP) is 3.05. The Morgan fingerprint density at radius 3 is 2.79 bits per heavy atom. The molecule has 0 aliphatic rings. The topological polar surface area (TPSA) is 70.2 Å². The zero-order chi connectivity index (χ0) is 17.5. The Hall–Kier alpha value is -2.18. The van der Waals surface area contributed by atoms with E-state index in [2.05, 4.69) is 25.5 Å². The lowest BCUT2D eigenvalue weighted by Gasteiger charge is -2.10. The molecule has 0 bridgehead atoms. The minimum absolute atomic E-state index is 0.298. The molecule has 1 amide bonds. The van der Waals surface area contributed by atoms with Gasteiger partial charge in [0.15, 0.2) is 0 Å². The third-order valence-corrected chi connectivity index (χ3v) is 3.79. The van der Waals surface area contributed by atoms with E-state index in [-0.39, 0.29) is 5.91 Å². The first-order valence-electron chi connectivity index (χ1n) is 7.75. The molecule has 0 saturated heterocycles. The summed E-state index contributed by atoms with van der Waals surface area (Å²) in [4.78, 5) is 22.8. The van der Waals surface area contributed by atoms with E-state index in [0.29, 0.717) is 22.4 Å². The quantitative estimate of drug-likeness (QED) is 0.753. The summed E-state index contributed by atoms with van der Waals surface area (Å²) in [5.74, 6) is 0.150. The highest BCUT2D eigenvalue weighted by atomic mass is 35.5. The molecule has 2 N–H and O–H groups in total. The van der Waals surface area contributed by atoms with Crippen LogP contribution in [0.2, 0.25) is 5.02 Å². The zero-order valence-electron chi connectivity index (χ0n) is 14.1. The van der Waals surface area contributed by atoms with E-state index in [1.165, 1.54) is 0 Å². The lowest BCUT2D eigenvalue weighted by Crippen LogP contribution is -2.18. The summed E-state index contributed by atoms with van der Waals surface area (Å²) in [6.07, 6.45) is 2.53. The van der Waals surface area contributed by atoms with Crippen LogP contribution in [0.1, 0.15) is 22.5 Å². The van der Waals surface area contributed by atoms with Crippen molar-refractivity contribution in [3.8, 4) is 0 Å². The lowest BCUT2D eigenvalue weighted by molar-refractivity contribution is 0.102. The number of aromatic nitrogens is 2. The standard InChI is InChI=1S/C17H22ClN5O/c1-12-5-6-13(11-14(12)18)21-16(24)15-7-9-20-17(22-15)19-8-4-10-23(2)3/h5-7,9,11H,4,8,10H2,1-3H3,(H,21,24)(H,19,20,22). The molecule has 1 aromatic carbocycles. The van der Waals surface area contributed by atoms with E-state index in [0.717, 1.165) is 25.1 Å². The Labute approximate surface area is 147 Å². The van der Waals surface area contributed by atoms with Gasteiger partial charge in [-0.3, -0.25) is 4.79 Å². The van der Waals surface area contributed by atoms with E-state index in [1.807, 2.05) is 27.1 Å². The Morgan fingerprint density at radius 2 is 2.08 bits per heavy atom. The van der Waals surface area contributed by atoms with E-state index < -0.39 is 0 Å². The highest BCUT2D eigenvalue weighted by molar-refractivity contribution is 6.31. The van der Waals surface area contributed by atoms with Crippen molar-refractivity contribution in [2.75, 3.05) is 37.8 Å². The molecule has 0 aliphatic carbocycles. The first-order chi connectivity index (χ1) is 11.5. The van der Waals surface area contributed by atoms with Gasteiger partial charge in [-0.1, -0.05) is 17.7 Å². The molecule has 2 rings (SSSR count). The van der Waals surface area contributed by atoms with Gasteiger partial charge in [0.2, 0.25) is 5.95 Å². The number of aryl methyl sites for hydroxylation is 1. The molecule has 0 saturated carbocycles. The molecule has 7 heteroatoms. The maximum absolute atomic E-state index is 12.3. The van der Waals surface area contributed by atoms with Gasteiger partial charge in [0.25, 0.3) is 5.91 Å². The molecule has 0 atom stereocenters. The SMILES string of the molecule is Cc1ccc(NC(=O)c2ccnc(NCCCN(C)C)n2)cc1Cl. The molecule has 1 aromatic heterocycles. The number of nitrogens with zero attached hydrogens (tertiary/aromatic N) is 3. The molecule has 0 unspecified atom stereocenters. The second-order valence-electron chi connectivity index (χ2n) is 5.77. The van der Waals surface area contributed by atoms with Gasteiger partial charge in [-0.25, -0.2) is 9.97 Å². The summed E-state index contributed by atoms with van der Waals surface area (Å²) < 4.78 is 0. The van der Waals surface area contributed by atoms with Crippen LogP contribution in [0.25, 0.3) is 0 Å². The van der Waals surface area contributed by atoms with Crippen LogP contribution >= 0.6 is 11.6 Å². The van der Waals surface area contributed by atoms with Gasteiger partial charge in [-0.15, -0.1) is 0 Å². The molecular weight excluding hydrogens is 326 g/mol. The number of anilines is 2. The minimum atomic E-state index is -0.298. The van der Waals surface area contributed by atoms with Crippen LogP contribution < -0.4 is 10.6 Å². The van der Waals surface area contributed by atoms with Crippen LogP contribution in [0.5, 0.6) is 0 Å². The zero-order valence-corrected chi connectivity index (χ0v) is 14.9. The van der Waals surface area contributed by atoms with E-state index in [1.54, 1.807) is 24.4 Å². The van der Waals surface area contributed by atoms with Crippen LogP contribution in [0, 0.1) is 6.92 Å². The number of halogens is 1. The predicted molar refractivity (Wildman–Crippen MR) is 97.8 cm³/mol. The lowest BCUT2D eigenvalue weighted by atomic mass is 10.2. The summed E-state index contributed by atoms with van der Waals surface area (Å²) in [7, 11) is 4.05. The second-order valence-corrected chi connectivity index (χ2v) is 6.17. The van der Waals surface area contributed by atoms with Crippen molar-refractivity contribution < 1.29 is 4.79 Å². The van der Waals surface area contributed by atoms with Gasteiger partial charge >= 0.3 is 0 Å². The third kappa shape index (κ3) is 5.47. The highest BCUT2D eigenvalue weighted by Gasteiger charge is 2.10. The number of carbonyl (C=O) groups excluding carboxylic acids is 1. The van der Waals surface area contributed by atoms with Gasteiger partial charge in [-0.05, 0) is 57.7 Å². The Morgan fingerprint density at radius 1 is 1.29 bits per heavy atom.